The van der Waals surface area contributed by atoms with E-state index in [1.54, 1.807) is 42.5 Å². The van der Waals surface area contributed by atoms with Gasteiger partial charge in [-0.25, -0.2) is 0 Å². The van der Waals surface area contributed by atoms with Crippen molar-refractivity contribution in [1.29, 1.82) is 0 Å². The van der Waals surface area contributed by atoms with Crippen molar-refractivity contribution >= 4 is 28.9 Å². The van der Waals surface area contributed by atoms with Crippen LogP contribution in [0.3, 0.4) is 0 Å². The molecule has 0 aliphatic rings. The van der Waals surface area contributed by atoms with E-state index in [0.717, 1.165) is 0 Å². The molecule has 0 aliphatic heterocycles. The molecule has 1 aromatic heterocycles. The highest BCUT2D eigenvalue weighted by atomic mass is 35.5. The lowest BCUT2D eigenvalue weighted by Gasteiger charge is -2.06. The van der Waals surface area contributed by atoms with E-state index < -0.39 is 0 Å². The third kappa shape index (κ3) is 2.02. The van der Waals surface area contributed by atoms with Crippen LogP contribution < -0.4 is 5.43 Å². The lowest BCUT2D eigenvalue weighted by molar-refractivity contribution is 0.112. The van der Waals surface area contributed by atoms with Gasteiger partial charge < -0.3 is 4.42 Å². The van der Waals surface area contributed by atoms with Crippen molar-refractivity contribution in [2.24, 2.45) is 0 Å². The molecule has 0 spiro atoms. The van der Waals surface area contributed by atoms with Gasteiger partial charge in [0.05, 0.1) is 16.0 Å². The van der Waals surface area contributed by atoms with Crippen molar-refractivity contribution in [3.63, 3.8) is 0 Å². The molecule has 0 atom stereocenters. The van der Waals surface area contributed by atoms with E-state index in [1.165, 1.54) is 6.07 Å². The summed E-state index contributed by atoms with van der Waals surface area (Å²) >= 11 is 6.10. The molecule has 0 amide bonds. The summed E-state index contributed by atoms with van der Waals surface area (Å²) in [5.74, 6) is 0.349. The van der Waals surface area contributed by atoms with Crippen molar-refractivity contribution in [2.45, 2.75) is 0 Å². The van der Waals surface area contributed by atoms with E-state index in [0.29, 0.717) is 33.6 Å². The number of carbonyl (C=O) groups is 1. The molecule has 1 heterocycles. The Morgan fingerprint density at radius 1 is 1.05 bits per heavy atom. The molecular formula is C16H9ClO3. The third-order valence-electron chi connectivity index (χ3n) is 3.05. The van der Waals surface area contributed by atoms with E-state index in [1.807, 2.05) is 0 Å². The number of para-hydroxylation sites is 1. The van der Waals surface area contributed by atoms with Crippen LogP contribution in [0.5, 0.6) is 0 Å². The van der Waals surface area contributed by atoms with E-state index in [2.05, 4.69) is 0 Å². The lowest BCUT2D eigenvalue weighted by atomic mass is 10.1. The van der Waals surface area contributed by atoms with Gasteiger partial charge in [0.25, 0.3) is 0 Å². The Morgan fingerprint density at radius 3 is 2.60 bits per heavy atom. The average molecular weight is 285 g/mol. The maximum absolute atomic E-state index is 12.1. The highest BCUT2D eigenvalue weighted by Crippen LogP contribution is 2.29. The van der Waals surface area contributed by atoms with Gasteiger partial charge in [-0.05, 0) is 24.3 Å². The number of benzene rings is 2. The first kappa shape index (κ1) is 12.6. The highest BCUT2D eigenvalue weighted by Gasteiger charge is 2.11. The molecule has 0 fully saturated rings. The SMILES string of the molecule is O=Cc1cccc2c(=O)cc(-c3ccccc3Cl)oc12. The van der Waals surface area contributed by atoms with Crippen LogP contribution >= 0.6 is 11.6 Å². The number of aldehydes is 1. The minimum absolute atomic E-state index is 0.204. The van der Waals surface area contributed by atoms with Crippen LogP contribution in [0.25, 0.3) is 22.3 Å². The monoisotopic (exact) mass is 284 g/mol. The minimum Gasteiger partial charge on any atom is -0.455 e. The molecule has 0 unspecified atom stereocenters. The van der Waals surface area contributed by atoms with Crippen LogP contribution in [-0.2, 0) is 0 Å². The largest absolute Gasteiger partial charge is 0.455 e. The second-order valence-corrected chi connectivity index (χ2v) is 4.70. The number of rotatable bonds is 2. The topological polar surface area (TPSA) is 47.3 Å². The maximum atomic E-state index is 12.1. The van der Waals surface area contributed by atoms with Crippen LogP contribution in [0.1, 0.15) is 10.4 Å². The zero-order chi connectivity index (χ0) is 14.1. The summed E-state index contributed by atoms with van der Waals surface area (Å²) in [5.41, 5.74) is 1.04. The quantitative estimate of drug-likeness (QED) is 0.670. The van der Waals surface area contributed by atoms with Gasteiger partial charge in [0, 0.05) is 11.6 Å². The van der Waals surface area contributed by atoms with Crippen molar-refractivity contribution in [3.8, 4) is 11.3 Å². The molecule has 0 saturated heterocycles. The Balaban J connectivity index is 2.37. The standard InChI is InChI=1S/C16H9ClO3/c17-13-7-2-1-5-11(13)15-8-14(19)12-6-3-4-10(9-18)16(12)20-15/h1-9H. The van der Waals surface area contributed by atoms with Crippen LogP contribution in [-0.4, -0.2) is 6.29 Å². The fraction of sp³-hybridized carbons (Fsp3) is 0. The summed E-state index contributed by atoms with van der Waals surface area (Å²) in [6.45, 7) is 0. The zero-order valence-corrected chi connectivity index (χ0v) is 11.1. The van der Waals surface area contributed by atoms with Gasteiger partial charge in [-0.15, -0.1) is 0 Å². The van der Waals surface area contributed by atoms with Crippen LogP contribution in [0.4, 0.5) is 0 Å². The van der Waals surface area contributed by atoms with Gasteiger partial charge in [-0.3, -0.25) is 9.59 Å². The summed E-state index contributed by atoms with van der Waals surface area (Å²) in [4.78, 5) is 23.2. The first-order valence-electron chi connectivity index (χ1n) is 5.97. The van der Waals surface area contributed by atoms with Gasteiger partial charge in [-0.1, -0.05) is 29.8 Å². The van der Waals surface area contributed by atoms with Crippen molar-refractivity contribution in [1.82, 2.24) is 0 Å². The molecule has 0 N–H and O–H groups in total. The molecule has 3 nitrogen and oxygen atoms in total. The number of carbonyl (C=O) groups excluding carboxylic acids is 1. The third-order valence-corrected chi connectivity index (χ3v) is 3.38. The van der Waals surface area contributed by atoms with Crippen LogP contribution in [0.2, 0.25) is 5.02 Å². The smallest absolute Gasteiger partial charge is 0.193 e. The summed E-state index contributed by atoms with van der Waals surface area (Å²) < 4.78 is 5.72. The van der Waals surface area contributed by atoms with Gasteiger partial charge in [-0.2, -0.15) is 0 Å². The number of fused-ring (bicyclic) bond motifs is 1. The Hall–Kier alpha value is -2.39. The molecule has 98 valence electrons. The molecule has 4 heteroatoms. The lowest BCUT2D eigenvalue weighted by Crippen LogP contribution is -2.01. The van der Waals surface area contributed by atoms with Gasteiger partial charge in [0.2, 0.25) is 0 Å². The van der Waals surface area contributed by atoms with Crippen LogP contribution in [0, 0.1) is 0 Å². The Labute approximate surface area is 119 Å². The molecule has 0 saturated carbocycles. The Morgan fingerprint density at radius 2 is 1.85 bits per heavy atom. The van der Waals surface area contributed by atoms with Crippen molar-refractivity contribution in [2.75, 3.05) is 0 Å². The summed E-state index contributed by atoms with van der Waals surface area (Å²) in [7, 11) is 0. The molecule has 3 aromatic rings. The van der Waals surface area contributed by atoms with Gasteiger partial charge in [0.1, 0.15) is 11.3 Å². The average Bonchev–Trinajstić information content (AvgIpc) is 2.47. The van der Waals surface area contributed by atoms with E-state index >= 15 is 0 Å². The minimum atomic E-state index is -0.204. The van der Waals surface area contributed by atoms with Crippen molar-refractivity contribution < 1.29 is 9.21 Å². The number of hydrogen-bond acceptors (Lipinski definition) is 3. The first-order chi connectivity index (χ1) is 9.70. The van der Waals surface area contributed by atoms with E-state index in [-0.39, 0.29) is 11.0 Å². The molecule has 0 aliphatic carbocycles. The highest BCUT2D eigenvalue weighted by molar-refractivity contribution is 6.33. The second kappa shape index (κ2) is 4.94. The predicted octanol–water partition coefficient (Wildman–Crippen LogP) is 3.93. The number of hydrogen-bond donors (Lipinski definition) is 0. The molecule has 20 heavy (non-hydrogen) atoms. The van der Waals surface area contributed by atoms with Crippen molar-refractivity contribution in [3.05, 3.63) is 69.3 Å². The Kier molecular flexibility index (Phi) is 3.12. The maximum Gasteiger partial charge on any atom is 0.193 e. The normalized spacial score (nSPS) is 10.7. The van der Waals surface area contributed by atoms with Crippen LogP contribution in [0.15, 0.2) is 57.7 Å². The second-order valence-electron chi connectivity index (χ2n) is 4.30. The van der Waals surface area contributed by atoms with Gasteiger partial charge >= 0.3 is 0 Å². The molecular weight excluding hydrogens is 276 g/mol. The fourth-order valence-corrected chi connectivity index (χ4v) is 2.31. The van der Waals surface area contributed by atoms with E-state index in [9.17, 15) is 9.59 Å². The Bertz CT molecular complexity index is 865. The van der Waals surface area contributed by atoms with E-state index in [4.69, 9.17) is 16.0 Å². The van der Waals surface area contributed by atoms with Gasteiger partial charge in [0.15, 0.2) is 11.7 Å². The summed E-state index contributed by atoms with van der Waals surface area (Å²) in [6.07, 6.45) is 0.668. The number of halogens is 1. The first-order valence-corrected chi connectivity index (χ1v) is 6.35. The molecule has 0 bridgehead atoms. The molecule has 2 aromatic carbocycles. The molecule has 3 rings (SSSR count). The fourth-order valence-electron chi connectivity index (χ4n) is 2.09. The summed E-state index contributed by atoms with van der Waals surface area (Å²) in [6, 6.07) is 13.3. The molecule has 0 radical (unpaired) electrons. The summed E-state index contributed by atoms with van der Waals surface area (Å²) in [5, 5.41) is 0.865. The zero-order valence-electron chi connectivity index (χ0n) is 10.3. The predicted molar refractivity (Wildman–Crippen MR) is 78.3 cm³/mol.